The molecule has 0 atom stereocenters. The molecule has 1 aliphatic rings. The van der Waals surface area contributed by atoms with E-state index in [4.69, 9.17) is 4.74 Å². The minimum atomic E-state index is -0.137. The molecule has 5 nitrogen and oxygen atoms in total. The Bertz CT molecular complexity index is 499. The van der Waals surface area contributed by atoms with E-state index in [9.17, 15) is 9.59 Å². The van der Waals surface area contributed by atoms with Crippen LogP contribution in [0.5, 0.6) is 0 Å². The molecule has 0 saturated heterocycles. The highest BCUT2D eigenvalue weighted by Crippen LogP contribution is 2.29. The molecule has 0 radical (unpaired) electrons. The largest absolute Gasteiger partial charge is 0.383 e. The fourth-order valence-electron chi connectivity index (χ4n) is 2.24. The van der Waals surface area contributed by atoms with Crippen molar-refractivity contribution in [3.05, 3.63) is 29.3 Å². The number of carbonyl (C=O) groups excluding carboxylic acids is 2. The second kappa shape index (κ2) is 5.84. The summed E-state index contributed by atoms with van der Waals surface area (Å²) < 4.78 is 4.88. The van der Waals surface area contributed by atoms with Gasteiger partial charge in [-0.3, -0.25) is 9.59 Å². The Kier molecular flexibility index (Phi) is 4.16. The average Bonchev–Trinajstić information content (AvgIpc) is 2.73. The van der Waals surface area contributed by atoms with Crippen molar-refractivity contribution in [1.82, 2.24) is 5.32 Å². The lowest BCUT2D eigenvalue weighted by Crippen LogP contribution is -2.27. The van der Waals surface area contributed by atoms with Crippen LogP contribution in [0, 0.1) is 0 Å². The fourth-order valence-corrected chi connectivity index (χ4v) is 2.24. The second-order valence-corrected chi connectivity index (χ2v) is 4.41. The molecule has 0 saturated carbocycles. The number of amides is 2. The maximum atomic E-state index is 11.9. The summed E-state index contributed by atoms with van der Waals surface area (Å²) in [5, 5.41) is 2.76. The highest BCUT2D eigenvalue weighted by Gasteiger charge is 2.26. The van der Waals surface area contributed by atoms with Crippen LogP contribution in [0.1, 0.15) is 22.8 Å². The number of anilines is 1. The highest BCUT2D eigenvalue weighted by molar-refractivity contribution is 6.03. The number of rotatable bonds is 5. The molecule has 1 heterocycles. The lowest BCUT2D eigenvalue weighted by molar-refractivity contribution is -0.117. The van der Waals surface area contributed by atoms with Gasteiger partial charge in [-0.15, -0.1) is 0 Å². The quantitative estimate of drug-likeness (QED) is 0.804. The summed E-state index contributed by atoms with van der Waals surface area (Å²) in [6, 6.07) is 5.39. The van der Waals surface area contributed by atoms with Gasteiger partial charge in [-0.25, -0.2) is 0 Å². The first-order chi connectivity index (χ1) is 9.17. The minimum Gasteiger partial charge on any atom is -0.383 e. The Morgan fingerprint density at radius 1 is 1.47 bits per heavy atom. The first-order valence-electron chi connectivity index (χ1n) is 6.37. The number of methoxy groups -OCH3 is 1. The molecule has 0 unspecified atom stereocenters. The number of fused-ring (bicyclic) bond motifs is 1. The van der Waals surface area contributed by atoms with Crippen molar-refractivity contribution < 1.29 is 14.3 Å². The lowest BCUT2D eigenvalue weighted by Gasteiger charge is -2.14. The van der Waals surface area contributed by atoms with Crippen LogP contribution in [0.15, 0.2) is 18.2 Å². The zero-order valence-electron chi connectivity index (χ0n) is 11.2. The predicted molar refractivity (Wildman–Crippen MR) is 72.4 cm³/mol. The molecule has 1 N–H and O–H groups in total. The summed E-state index contributed by atoms with van der Waals surface area (Å²) in [4.78, 5) is 25.4. The fraction of sp³-hybridized carbons (Fsp3) is 0.429. The number of ether oxygens (including phenoxy) is 1. The van der Waals surface area contributed by atoms with Gasteiger partial charge in [0.2, 0.25) is 5.91 Å². The van der Waals surface area contributed by atoms with Crippen LogP contribution in [0.3, 0.4) is 0 Å². The standard InChI is InChI=1S/C14H18N2O3/c1-3-16-12-5-4-10(8-11(12)9-13(16)17)14(18)15-6-7-19-2/h4-5,8H,3,6-7,9H2,1-2H3,(H,15,18). The zero-order chi connectivity index (χ0) is 13.8. The zero-order valence-corrected chi connectivity index (χ0v) is 11.2. The molecule has 5 heteroatoms. The Labute approximate surface area is 112 Å². The first kappa shape index (κ1) is 13.5. The molecule has 0 bridgehead atoms. The van der Waals surface area contributed by atoms with Gasteiger partial charge in [-0.1, -0.05) is 0 Å². The summed E-state index contributed by atoms with van der Waals surface area (Å²) in [7, 11) is 1.59. The number of hydrogen-bond donors (Lipinski definition) is 1. The molecule has 19 heavy (non-hydrogen) atoms. The molecule has 0 aliphatic carbocycles. The molecular weight excluding hydrogens is 244 g/mol. The van der Waals surface area contributed by atoms with Gasteiger partial charge >= 0.3 is 0 Å². The third kappa shape index (κ3) is 2.76. The summed E-state index contributed by atoms with van der Waals surface area (Å²) >= 11 is 0. The van der Waals surface area contributed by atoms with Crippen molar-refractivity contribution in [3.63, 3.8) is 0 Å². The normalized spacial score (nSPS) is 13.6. The highest BCUT2D eigenvalue weighted by atomic mass is 16.5. The molecule has 1 aromatic rings. The Hall–Kier alpha value is -1.88. The Morgan fingerprint density at radius 3 is 2.95 bits per heavy atom. The molecule has 2 rings (SSSR count). The number of carbonyl (C=O) groups is 2. The number of nitrogens with one attached hydrogen (secondary N) is 1. The van der Waals surface area contributed by atoms with Crippen molar-refractivity contribution in [2.45, 2.75) is 13.3 Å². The second-order valence-electron chi connectivity index (χ2n) is 4.41. The van der Waals surface area contributed by atoms with Crippen molar-refractivity contribution >= 4 is 17.5 Å². The van der Waals surface area contributed by atoms with Gasteiger partial charge < -0.3 is 15.0 Å². The van der Waals surface area contributed by atoms with Gasteiger partial charge in [0.15, 0.2) is 0 Å². The predicted octanol–water partition coefficient (Wildman–Crippen LogP) is 0.972. The summed E-state index contributed by atoms with van der Waals surface area (Å²) in [5.41, 5.74) is 2.42. The van der Waals surface area contributed by atoms with Crippen molar-refractivity contribution in [1.29, 1.82) is 0 Å². The average molecular weight is 262 g/mol. The Morgan fingerprint density at radius 2 is 2.26 bits per heavy atom. The third-order valence-corrected chi connectivity index (χ3v) is 3.18. The van der Waals surface area contributed by atoms with E-state index >= 15 is 0 Å². The van der Waals surface area contributed by atoms with Crippen molar-refractivity contribution in [2.24, 2.45) is 0 Å². The molecular formula is C14H18N2O3. The van der Waals surface area contributed by atoms with Crippen LogP contribution >= 0.6 is 0 Å². The van der Waals surface area contributed by atoms with Gasteiger partial charge in [0, 0.05) is 31.5 Å². The van der Waals surface area contributed by atoms with Crippen LogP contribution in [-0.4, -0.2) is 38.6 Å². The molecule has 1 aromatic carbocycles. The van der Waals surface area contributed by atoms with Crippen molar-refractivity contribution in [3.8, 4) is 0 Å². The van der Waals surface area contributed by atoms with Crippen molar-refractivity contribution in [2.75, 3.05) is 31.7 Å². The smallest absolute Gasteiger partial charge is 0.251 e. The lowest BCUT2D eigenvalue weighted by atomic mass is 10.1. The molecule has 0 fully saturated rings. The number of benzene rings is 1. The van der Waals surface area contributed by atoms with Crippen LogP contribution in [0.4, 0.5) is 5.69 Å². The topological polar surface area (TPSA) is 58.6 Å². The van der Waals surface area contributed by atoms with Crippen LogP contribution < -0.4 is 10.2 Å². The summed E-state index contributed by atoms with van der Waals surface area (Å²) in [6.07, 6.45) is 0.377. The Balaban J connectivity index is 2.12. The monoisotopic (exact) mass is 262 g/mol. The van der Waals surface area contributed by atoms with E-state index in [2.05, 4.69) is 5.32 Å². The molecule has 2 amide bonds. The van der Waals surface area contributed by atoms with Crippen LogP contribution in [-0.2, 0) is 16.0 Å². The SMILES string of the molecule is CCN1C(=O)Cc2cc(C(=O)NCCOC)ccc21. The molecule has 0 spiro atoms. The maximum absolute atomic E-state index is 11.9. The molecule has 102 valence electrons. The molecule has 1 aliphatic heterocycles. The minimum absolute atomic E-state index is 0.0921. The van der Waals surface area contributed by atoms with Gasteiger partial charge in [0.05, 0.1) is 13.0 Å². The number of hydrogen-bond acceptors (Lipinski definition) is 3. The van der Waals surface area contributed by atoms with E-state index in [1.54, 1.807) is 24.1 Å². The van der Waals surface area contributed by atoms with E-state index in [-0.39, 0.29) is 11.8 Å². The van der Waals surface area contributed by atoms with Crippen LogP contribution in [0.25, 0.3) is 0 Å². The number of nitrogens with zero attached hydrogens (tertiary/aromatic N) is 1. The van der Waals surface area contributed by atoms with E-state index in [0.29, 0.717) is 31.7 Å². The summed E-state index contributed by atoms with van der Waals surface area (Å²) in [5.74, 6) is -0.0447. The van der Waals surface area contributed by atoms with E-state index in [1.165, 1.54) is 0 Å². The maximum Gasteiger partial charge on any atom is 0.251 e. The number of likely N-dealkylation sites (N-methyl/N-ethyl adjacent to an activating group) is 1. The first-order valence-corrected chi connectivity index (χ1v) is 6.37. The van der Waals surface area contributed by atoms with E-state index < -0.39 is 0 Å². The van der Waals surface area contributed by atoms with Crippen LogP contribution in [0.2, 0.25) is 0 Å². The molecule has 0 aromatic heterocycles. The van der Waals surface area contributed by atoms with E-state index in [1.807, 2.05) is 13.0 Å². The van der Waals surface area contributed by atoms with Gasteiger partial charge in [-0.05, 0) is 30.7 Å². The summed E-state index contributed by atoms with van der Waals surface area (Å²) in [6.45, 7) is 3.56. The third-order valence-electron chi connectivity index (χ3n) is 3.18. The van der Waals surface area contributed by atoms with Gasteiger partial charge in [0.1, 0.15) is 0 Å². The van der Waals surface area contributed by atoms with E-state index in [0.717, 1.165) is 11.3 Å². The van der Waals surface area contributed by atoms with Gasteiger partial charge in [-0.2, -0.15) is 0 Å². The van der Waals surface area contributed by atoms with Gasteiger partial charge in [0.25, 0.3) is 5.91 Å².